The Labute approximate surface area is 116 Å². The molecule has 1 aliphatic rings. The first-order chi connectivity index (χ1) is 9.61. The van der Waals surface area contributed by atoms with Gasteiger partial charge in [0.1, 0.15) is 5.82 Å². The summed E-state index contributed by atoms with van der Waals surface area (Å²) in [6.45, 7) is 0.976. The minimum atomic E-state index is -0.507. The van der Waals surface area contributed by atoms with Gasteiger partial charge in [0, 0.05) is 19.1 Å². The molecule has 0 unspecified atom stereocenters. The van der Waals surface area contributed by atoms with E-state index in [1.165, 1.54) is 19.2 Å². The van der Waals surface area contributed by atoms with Crippen LogP contribution < -0.4 is 5.32 Å². The highest BCUT2D eigenvalue weighted by Gasteiger charge is 2.25. The molecule has 1 heterocycles. The van der Waals surface area contributed by atoms with Crippen LogP contribution in [0.2, 0.25) is 0 Å². The Kier molecular flexibility index (Phi) is 4.55. The number of carbonyl (C=O) groups excluding carboxylic acids is 2. The molecule has 2 amide bonds. The topological polar surface area (TPSA) is 58.6 Å². The number of rotatable bonds is 2. The third-order valence-corrected chi connectivity index (χ3v) is 3.39. The van der Waals surface area contributed by atoms with Gasteiger partial charge in [0.05, 0.1) is 12.7 Å². The third kappa shape index (κ3) is 3.26. The molecule has 0 saturated carbocycles. The molecule has 1 fully saturated rings. The summed E-state index contributed by atoms with van der Waals surface area (Å²) >= 11 is 0. The maximum atomic E-state index is 13.6. The van der Waals surface area contributed by atoms with E-state index in [2.05, 4.69) is 10.1 Å². The molecule has 0 spiro atoms. The van der Waals surface area contributed by atoms with Gasteiger partial charge >= 0.3 is 6.09 Å². The van der Waals surface area contributed by atoms with Crippen molar-refractivity contribution in [3.05, 3.63) is 35.6 Å². The number of halogens is 1. The summed E-state index contributed by atoms with van der Waals surface area (Å²) in [4.78, 5) is 24.9. The van der Waals surface area contributed by atoms with Gasteiger partial charge in [-0.15, -0.1) is 0 Å². The number of alkyl carbamates (subject to hydrolysis) is 1. The number of likely N-dealkylation sites (tertiary alicyclic amines) is 1. The van der Waals surface area contributed by atoms with Crippen LogP contribution in [0.4, 0.5) is 9.18 Å². The van der Waals surface area contributed by atoms with Crippen LogP contribution in [-0.2, 0) is 4.74 Å². The van der Waals surface area contributed by atoms with Gasteiger partial charge in [-0.2, -0.15) is 0 Å². The summed E-state index contributed by atoms with van der Waals surface area (Å²) in [6.07, 6.45) is 0.800. The first-order valence-corrected chi connectivity index (χ1v) is 6.50. The number of amides is 2. The minimum Gasteiger partial charge on any atom is -0.453 e. The van der Waals surface area contributed by atoms with Crippen molar-refractivity contribution in [1.82, 2.24) is 10.2 Å². The molecule has 0 bridgehead atoms. The number of nitrogens with one attached hydrogen (secondary N) is 1. The van der Waals surface area contributed by atoms with Crippen molar-refractivity contribution in [2.24, 2.45) is 0 Å². The lowest BCUT2D eigenvalue weighted by Gasteiger charge is -2.32. The minimum absolute atomic E-state index is 0.00730. The zero-order valence-corrected chi connectivity index (χ0v) is 11.3. The summed E-state index contributed by atoms with van der Waals surface area (Å²) in [5, 5.41) is 2.71. The summed E-state index contributed by atoms with van der Waals surface area (Å²) in [5.41, 5.74) is 0.0897. The van der Waals surface area contributed by atoms with Gasteiger partial charge in [-0.25, -0.2) is 9.18 Å². The number of piperidine rings is 1. The molecule has 6 heteroatoms. The molecule has 1 aliphatic heterocycles. The van der Waals surface area contributed by atoms with Crippen molar-refractivity contribution >= 4 is 12.0 Å². The monoisotopic (exact) mass is 280 g/mol. The number of hydrogen-bond donors (Lipinski definition) is 1. The number of carbonyl (C=O) groups is 2. The average molecular weight is 280 g/mol. The Morgan fingerprint density at radius 3 is 2.55 bits per heavy atom. The SMILES string of the molecule is COC(=O)NC1CCN(C(=O)c2ccccc2F)CC1. The molecule has 5 nitrogen and oxygen atoms in total. The van der Waals surface area contributed by atoms with E-state index in [0.29, 0.717) is 25.9 Å². The predicted octanol–water partition coefficient (Wildman–Crippen LogP) is 1.79. The Morgan fingerprint density at radius 2 is 1.95 bits per heavy atom. The Morgan fingerprint density at radius 1 is 1.30 bits per heavy atom. The summed E-state index contributed by atoms with van der Waals surface area (Å²) in [6, 6.07) is 5.95. The zero-order chi connectivity index (χ0) is 14.5. The van der Waals surface area contributed by atoms with Gasteiger partial charge in [-0.05, 0) is 25.0 Å². The fraction of sp³-hybridized carbons (Fsp3) is 0.429. The van der Waals surface area contributed by atoms with E-state index in [4.69, 9.17) is 0 Å². The maximum Gasteiger partial charge on any atom is 0.407 e. The molecule has 0 atom stereocenters. The quantitative estimate of drug-likeness (QED) is 0.898. The van der Waals surface area contributed by atoms with Crippen molar-refractivity contribution in [3.8, 4) is 0 Å². The summed E-state index contributed by atoms with van der Waals surface area (Å²) < 4.78 is 18.1. The lowest BCUT2D eigenvalue weighted by molar-refractivity contribution is 0.0699. The smallest absolute Gasteiger partial charge is 0.407 e. The molecule has 2 rings (SSSR count). The molecule has 1 N–H and O–H groups in total. The van der Waals surface area contributed by atoms with Gasteiger partial charge in [0.15, 0.2) is 0 Å². The van der Waals surface area contributed by atoms with Crippen LogP contribution >= 0.6 is 0 Å². The molecule has 0 radical (unpaired) electrons. The third-order valence-electron chi connectivity index (χ3n) is 3.39. The van der Waals surface area contributed by atoms with Gasteiger partial charge < -0.3 is 15.0 Å². The van der Waals surface area contributed by atoms with E-state index in [1.54, 1.807) is 17.0 Å². The Hall–Kier alpha value is -2.11. The largest absolute Gasteiger partial charge is 0.453 e. The molecule has 0 aliphatic carbocycles. The van der Waals surface area contributed by atoms with Crippen LogP contribution in [0.15, 0.2) is 24.3 Å². The second-order valence-electron chi connectivity index (χ2n) is 4.68. The molecule has 0 aromatic heterocycles. The molecule has 1 aromatic carbocycles. The average Bonchev–Trinajstić information content (AvgIpc) is 2.47. The predicted molar refractivity (Wildman–Crippen MR) is 70.9 cm³/mol. The van der Waals surface area contributed by atoms with Gasteiger partial charge in [0.2, 0.25) is 0 Å². The molecule has 1 saturated heterocycles. The van der Waals surface area contributed by atoms with E-state index in [1.807, 2.05) is 0 Å². The molecular formula is C14H17FN2O3. The standard InChI is InChI=1S/C14H17FN2O3/c1-20-14(19)16-10-6-8-17(9-7-10)13(18)11-4-2-3-5-12(11)15/h2-5,10H,6-9H2,1H3,(H,16,19). The first-order valence-electron chi connectivity index (χ1n) is 6.50. The Balaban J connectivity index is 1.92. The van der Waals surface area contributed by atoms with Gasteiger partial charge in [-0.3, -0.25) is 4.79 Å². The van der Waals surface area contributed by atoms with Crippen LogP contribution in [0.1, 0.15) is 23.2 Å². The number of nitrogens with zero attached hydrogens (tertiary/aromatic N) is 1. The summed E-state index contributed by atoms with van der Waals surface area (Å²) in [7, 11) is 1.31. The van der Waals surface area contributed by atoms with E-state index in [0.717, 1.165) is 0 Å². The van der Waals surface area contributed by atoms with Crippen molar-refractivity contribution in [3.63, 3.8) is 0 Å². The lowest BCUT2D eigenvalue weighted by Crippen LogP contribution is -2.46. The van der Waals surface area contributed by atoms with Crippen LogP contribution in [-0.4, -0.2) is 43.1 Å². The van der Waals surface area contributed by atoms with Crippen LogP contribution in [0, 0.1) is 5.82 Å². The highest BCUT2D eigenvalue weighted by molar-refractivity contribution is 5.94. The molecule has 1 aromatic rings. The molecule has 20 heavy (non-hydrogen) atoms. The van der Waals surface area contributed by atoms with E-state index >= 15 is 0 Å². The zero-order valence-electron chi connectivity index (χ0n) is 11.3. The van der Waals surface area contributed by atoms with Crippen LogP contribution in [0.3, 0.4) is 0 Å². The van der Waals surface area contributed by atoms with E-state index < -0.39 is 11.9 Å². The number of benzene rings is 1. The van der Waals surface area contributed by atoms with Crippen molar-refractivity contribution in [1.29, 1.82) is 0 Å². The normalized spacial score (nSPS) is 15.8. The first kappa shape index (κ1) is 14.3. The number of hydrogen-bond acceptors (Lipinski definition) is 3. The number of methoxy groups -OCH3 is 1. The lowest BCUT2D eigenvalue weighted by atomic mass is 10.0. The van der Waals surface area contributed by atoms with Crippen molar-refractivity contribution in [2.45, 2.75) is 18.9 Å². The fourth-order valence-corrected chi connectivity index (χ4v) is 2.26. The Bertz CT molecular complexity index is 499. The molecular weight excluding hydrogens is 263 g/mol. The van der Waals surface area contributed by atoms with Gasteiger partial charge in [0.25, 0.3) is 5.91 Å². The van der Waals surface area contributed by atoms with Crippen molar-refractivity contribution in [2.75, 3.05) is 20.2 Å². The second kappa shape index (κ2) is 6.36. The maximum absolute atomic E-state index is 13.6. The van der Waals surface area contributed by atoms with E-state index in [-0.39, 0.29) is 17.5 Å². The highest BCUT2D eigenvalue weighted by atomic mass is 19.1. The van der Waals surface area contributed by atoms with Crippen LogP contribution in [0.5, 0.6) is 0 Å². The highest BCUT2D eigenvalue weighted by Crippen LogP contribution is 2.16. The van der Waals surface area contributed by atoms with E-state index in [9.17, 15) is 14.0 Å². The fourth-order valence-electron chi connectivity index (χ4n) is 2.26. The second-order valence-corrected chi connectivity index (χ2v) is 4.68. The molecule has 108 valence electrons. The van der Waals surface area contributed by atoms with Gasteiger partial charge in [-0.1, -0.05) is 12.1 Å². The van der Waals surface area contributed by atoms with Crippen LogP contribution in [0.25, 0.3) is 0 Å². The summed E-state index contributed by atoms with van der Waals surface area (Å²) in [5.74, 6) is -0.813. The number of ether oxygens (including phenoxy) is 1. The van der Waals surface area contributed by atoms with Crippen molar-refractivity contribution < 1.29 is 18.7 Å².